The Hall–Kier alpha value is -0.120. The molecule has 0 spiro atoms. The molecule has 0 bridgehead atoms. The van der Waals surface area contributed by atoms with E-state index in [9.17, 15) is 0 Å². The summed E-state index contributed by atoms with van der Waals surface area (Å²) in [6.45, 7) is 14.8. The fraction of sp³-hybridized carbons (Fsp3) is 1.00. The monoisotopic (exact) mass is 240 g/mol. The van der Waals surface area contributed by atoms with Gasteiger partial charge in [-0.3, -0.25) is 4.90 Å². The van der Waals surface area contributed by atoms with Crippen molar-refractivity contribution in [3.05, 3.63) is 0 Å². The molecule has 0 aromatic heterocycles. The Morgan fingerprint density at radius 3 is 2.76 bits per heavy atom. The number of nitrogens with zero attached hydrogens (tertiary/aromatic N) is 1. The fourth-order valence-electron chi connectivity index (χ4n) is 3.17. The number of ether oxygens (including phenoxy) is 1. The molecular formula is C14H28N2O. The van der Waals surface area contributed by atoms with E-state index in [1.807, 2.05) is 0 Å². The van der Waals surface area contributed by atoms with Crippen LogP contribution in [0.15, 0.2) is 0 Å². The molecule has 0 aromatic carbocycles. The predicted molar refractivity (Wildman–Crippen MR) is 71.2 cm³/mol. The zero-order chi connectivity index (χ0) is 12.5. The Morgan fingerprint density at radius 2 is 2.18 bits per heavy atom. The minimum atomic E-state index is 0.393. The van der Waals surface area contributed by atoms with Crippen molar-refractivity contribution in [2.75, 3.05) is 32.8 Å². The van der Waals surface area contributed by atoms with Crippen molar-refractivity contribution < 1.29 is 4.74 Å². The lowest BCUT2D eigenvalue weighted by Gasteiger charge is -2.44. The summed E-state index contributed by atoms with van der Waals surface area (Å²) < 4.78 is 5.72. The van der Waals surface area contributed by atoms with E-state index in [0.717, 1.165) is 19.1 Å². The summed E-state index contributed by atoms with van der Waals surface area (Å²) in [6.07, 6.45) is 1.72. The van der Waals surface area contributed by atoms with Gasteiger partial charge in [0.25, 0.3) is 0 Å². The molecule has 2 aliphatic heterocycles. The molecule has 0 saturated carbocycles. The number of morpholine rings is 1. The highest BCUT2D eigenvalue weighted by Gasteiger charge is 2.40. The third-order valence-corrected chi connectivity index (χ3v) is 4.76. The summed E-state index contributed by atoms with van der Waals surface area (Å²) in [7, 11) is 0. The van der Waals surface area contributed by atoms with Crippen LogP contribution in [0.25, 0.3) is 0 Å². The van der Waals surface area contributed by atoms with Gasteiger partial charge in [-0.15, -0.1) is 0 Å². The average molecular weight is 240 g/mol. The molecule has 0 amide bonds. The third kappa shape index (κ3) is 2.83. The van der Waals surface area contributed by atoms with Gasteiger partial charge >= 0.3 is 0 Å². The van der Waals surface area contributed by atoms with Crippen LogP contribution in [0.1, 0.15) is 34.1 Å². The van der Waals surface area contributed by atoms with Gasteiger partial charge in [0.1, 0.15) is 0 Å². The second kappa shape index (κ2) is 5.25. The van der Waals surface area contributed by atoms with Crippen molar-refractivity contribution in [3.8, 4) is 0 Å². The molecule has 2 heterocycles. The molecule has 3 unspecified atom stereocenters. The standard InChI is InChI=1S/C14H28N2O/c1-11(2)14(5-6-15-9-14)10-16-7-13(4)17-8-12(16)3/h11-13,15H,5-10H2,1-4H3. The molecule has 3 heteroatoms. The summed E-state index contributed by atoms with van der Waals surface area (Å²) in [6, 6.07) is 0.572. The van der Waals surface area contributed by atoms with E-state index in [1.54, 1.807) is 0 Å². The lowest BCUT2D eigenvalue weighted by Crippen LogP contribution is -2.53. The Labute approximate surface area is 106 Å². The third-order valence-electron chi connectivity index (χ3n) is 4.76. The normalized spacial score (nSPS) is 40.1. The van der Waals surface area contributed by atoms with Crippen LogP contribution in [0, 0.1) is 11.3 Å². The van der Waals surface area contributed by atoms with Crippen molar-refractivity contribution in [2.45, 2.75) is 46.3 Å². The number of rotatable bonds is 3. The van der Waals surface area contributed by atoms with Crippen molar-refractivity contribution >= 4 is 0 Å². The molecule has 2 aliphatic rings. The first-order chi connectivity index (χ1) is 8.03. The maximum Gasteiger partial charge on any atom is 0.0674 e. The van der Waals surface area contributed by atoms with E-state index < -0.39 is 0 Å². The molecule has 3 nitrogen and oxygen atoms in total. The maximum absolute atomic E-state index is 5.72. The maximum atomic E-state index is 5.72. The summed E-state index contributed by atoms with van der Waals surface area (Å²) in [5.74, 6) is 0.753. The second-order valence-electron chi connectivity index (χ2n) is 6.37. The molecule has 2 fully saturated rings. The number of hydrogen-bond acceptors (Lipinski definition) is 3. The highest BCUT2D eigenvalue weighted by atomic mass is 16.5. The first-order valence-corrected chi connectivity index (χ1v) is 7.10. The van der Waals surface area contributed by atoms with Crippen molar-refractivity contribution in [3.63, 3.8) is 0 Å². The zero-order valence-electron chi connectivity index (χ0n) is 11.8. The topological polar surface area (TPSA) is 24.5 Å². The van der Waals surface area contributed by atoms with Crippen LogP contribution >= 0.6 is 0 Å². The number of nitrogens with one attached hydrogen (secondary N) is 1. The molecule has 0 radical (unpaired) electrons. The Balaban J connectivity index is 2.02. The molecule has 17 heavy (non-hydrogen) atoms. The van der Waals surface area contributed by atoms with E-state index in [2.05, 4.69) is 37.9 Å². The van der Waals surface area contributed by atoms with Gasteiger partial charge in [-0.2, -0.15) is 0 Å². The minimum absolute atomic E-state index is 0.393. The van der Waals surface area contributed by atoms with E-state index in [0.29, 0.717) is 17.6 Å². The minimum Gasteiger partial charge on any atom is -0.376 e. The van der Waals surface area contributed by atoms with Gasteiger partial charge in [-0.1, -0.05) is 13.8 Å². The molecule has 3 atom stereocenters. The first-order valence-electron chi connectivity index (χ1n) is 7.10. The molecule has 2 rings (SSSR count). The molecule has 100 valence electrons. The predicted octanol–water partition coefficient (Wildman–Crippen LogP) is 1.73. The van der Waals surface area contributed by atoms with E-state index in [1.165, 1.54) is 26.1 Å². The van der Waals surface area contributed by atoms with Gasteiger partial charge < -0.3 is 10.1 Å². The van der Waals surface area contributed by atoms with E-state index >= 15 is 0 Å². The molecule has 0 aromatic rings. The molecule has 2 saturated heterocycles. The van der Waals surface area contributed by atoms with Crippen LogP contribution in [0.3, 0.4) is 0 Å². The van der Waals surface area contributed by atoms with Gasteiger partial charge in [0, 0.05) is 25.7 Å². The Morgan fingerprint density at radius 1 is 1.41 bits per heavy atom. The van der Waals surface area contributed by atoms with E-state index in [-0.39, 0.29) is 0 Å². The highest BCUT2D eigenvalue weighted by molar-refractivity contribution is 4.94. The largest absolute Gasteiger partial charge is 0.376 e. The average Bonchev–Trinajstić information content (AvgIpc) is 2.73. The summed E-state index contributed by atoms with van der Waals surface area (Å²) >= 11 is 0. The van der Waals surface area contributed by atoms with Crippen LogP contribution in [0.2, 0.25) is 0 Å². The van der Waals surface area contributed by atoms with Crippen molar-refractivity contribution in [1.82, 2.24) is 10.2 Å². The van der Waals surface area contributed by atoms with Gasteiger partial charge in [0.15, 0.2) is 0 Å². The summed E-state index contributed by atoms with van der Waals surface area (Å²) in [4.78, 5) is 2.64. The lowest BCUT2D eigenvalue weighted by atomic mass is 9.75. The summed E-state index contributed by atoms with van der Waals surface area (Å²) in [5.41, 5.74) is 0.477. The van der Waals surface area contributed by atoms with Crippen molar-refractivity contribution in [1.29, 1.82) is 0 Å². The Kier molecular flexibility index (Phi) is 4.11. The van der Waals surface area contributed by atoms with Crippen LogP contribution in [0.4, 0.5) is 0 Å². The lowest BCUT2D eigenvalue weighted by molar-refractivity contribution is -0.0660. The SMILES string of the molecule is CC1CN(CC2(C(C)C)CCNC2)C(C)CO1. The first kappa shape index (κ1) is 13.3. The summed E-state index contributed by atoms with van der Waals surface area (Å²) in [5, 5.41) is 3.55. The van der Waals surface area contributed by atoms with Gasteiger partial charge in [-0.05, 0) is 38.1 Å². The molecule has 1 N–H and O–H groups in total. The van der Waals surface area contributed by atoms with Gasteiger partial charge in [0.05, 0.1) is 12.7 Å². The zero-order valence-corrected chi connectivity index (χ0v) is 11.8. The van der Waals surface area contributed by atoms with Crippen molar-refractivity contribution in [2.24, 2.45) is 11.3 Å². The smallest absolute Gasteiger partial charge is 0.0674 e. The fourth-order valence-corrected chi connectivity index (χ4v) is 3.17. The van der Waals surface area contributed by atoms with Gasteiger partial charge in [-0.25, -0.2) is 0 Å². The van der Waals surface area contributed by atoms with Crippen LogP contribution in [0.5, 0.6) is 0 Å². The second-order valence-corrected chi connectivity index (χ2v) is 6.37. The van der Waals surface area contributed by atoms with Gasteiger partial charge in [0.2, 0.25) is 0 Å². The number of hydrogen-bond donors (Lipinski definition) is 1. The molecular weight excluding hydrogens is 212 g/mol. The Bertz CT molecular complexity index is 249. The van der Waals surface area contributed by atoms with Crippen LogP contribution in [-0.4, -0.2) is 49.8 Å². The van der Waals surface area contributed by atoms with E-state index in [4.69, 9.17) is 4.74 Å². The molecule has 0 aliphatic carbocycles. The quantitative estimate of drug-likeness (QED) is 0.813. The highest BCUT2D eigenvalue weighted by Crippen LogP contribution is 2.36. The van der Waals surface area contributed by atoms with Crippen LogP contribution in [-0.2, 0) is 4.74 Å². The van der Waals surface area contributed by atoms with Crippen LogP contribution < -0.4 is 5.32 Å².